The maximum absolute atomic E-state index is 12.4. The summed E-state index contributed by atoms with van der Waals surface area (Å²) in [6.07, 6.45) is 0.476. The number of nitrogens with one attached hydrogen (secondary N) is 1. The molecule has 1 aliphatic rings. The van der Waals surface area contributed by atoms with E-state index in [9.17, 15) is 9.90 Å². The SMILES string of the molecule is Nc1n[nH]c(C(=O)N2CC[C@](O)(c3ccccc3)C2)c1Cl. The molecule has 7 heteroatoms. The Morgan fingerprint density at radius 2 is 2.14 bits per heavy atom. The molecule has 1 fully saturated rings. The number of nitrogens with zero attached hydrogens (tertiary/aromatic N) is 2. The zero-order valence-corrected chi connectivity index (χ0v) is 12.0. The van der Waals surface area contributed by atoms with Gasteiger partial charge in [0.1, 0.15) is 16.3 Å². The van der Waals surface area contributed by atoms with Crippen molar-refractivity contribution in [1.82, 2.24) is 15.1 Å². The van der Waals surface area contributed by atoms with Crippen molar-refractivity contribution in [3.05, 3.63) is 46.6 Å². The minimum Gasteiger partial charge on any atom is -0.383 e. The van der Waals surface area contributed by atoms with Crippen molar-refractivity contribution in [2.75, 3.05) is 18.8 Å². The highest BCUT2D eigenvalue weighted by molar-refractivity contribution is 6.35. The Morgan fingerprint density at radius 3 is 2.76 bits per heavy atom. The number of aromatic nitrogens is 2. The van der Waals surface area contributed by atoms with Gasteiger partial charge in [0.25, 0.3) is 5.91 Å². The predicted molar refractivity (Wildman–Crippen MR) is 78.9 cm³/mol. The zero-order chi connectivity index (χ0) is 15.0. The summed E-state index contributed by atoms with van der Waals surface area (Å²) in [6.45, 7) is 0.657. The fourth-order valence-electron chi connectivity index (χ4n) is 2.59. The van der Waals surface area contributed by atoms with Gasteiger partial charge in [-0.2, -0.15) is 5.10 Å². The van der Waals surface area contributed by atoms with Crippen LogP contribution in [0.3, 0.4) is 0 Å². The molecule has 0 unspecified atom stereocenters. The van der Waals surface area contributed by atoms with Gasteiger partial charge in [-0.3, -0.25) is 9.89 Å². The topological polar surface area (TPSA) is 95.2 Å². The molecular weight excluding hydrogens is 292 g/mol. The number of aromatic amines is 1. The van der Waals surface area contributed by atoms with E-state index >= 15 is 0 Å². The van der Waals surface area contributed by atoms with Gasteiger partial charge in [-0.25, -0.2) is 0 Å². The second-order valence-electron chi connectivity index (χ2n) is 5.17. The molecule has 3 rings (SSSR count). The van der Waals surface area contributed by atoms with Crippen molar-refractivity contribution in [2.24, 2.45) is 0 Å². The third-order valence-corrected chi connectivity index (χ3v) is 4.18. The normalized spacial score (nSPS) is 21.7. The molecule has 0 bridgehead atoms. The molecule has 1 amide bonds. The summed E-state index contributed by atoms with van der Waals surface area (Å²) < 4.78 is 0. The van der Waals surface area contributed by atoms with Crippen LogP contribution in [-0.4, -0.2) is 39.2 Å². The number of β-amino-alcohol motifs (C(OH)–C–C–N with tert-alkyl or cyclic N) is 1. The molecule has 0 spiro atoms. The van der Waals surface area contributed by atoms with Crippen molar-refractivity contribution >= 4 is 23.3 Å². The molecule has 1 aromatic carbocycles. The molecule has 21 heavy (non-hydrogen) atoms. The maximum atomic E-state index is 12.4. The second kappa shape index (κ2) is 5.05. The number of amides is 1. The zero-order valence-electron chi connectivity index (χ0n) is 11.2. The number of nitrogens with two attached hydrogens (primary N) is 1. The molecule has 0 aliphatic carbocycles. The molecule has 4 N–H and O–H groups in total. The average Bonchev–Trinajstić information content (AvgIpc) is 3.05. The fourth-order valence-corrected chi connectivity index (χ4v) is 2.76. The van der Waals surface area contributed by atoms with Crippen LogP contribution < -0.4 is 5.73 Å². The number of rotatable bonds is 2. The Morgan fingerprint density at radius 1 is 1.43 bits per heavy atom. The molecule has 1 atom stereocenters. The number of carbonyl (C=O) groups is 1. The van der Waals surface area contributed by atoms with Gasteiger partial charge in [-0.15, -0.1) is 0 Å². The molecule has 110 valence electrons. The van der Waals surface area contributed by atoms with Crippen LogP contribution in [0.4, 0.5) is 5.82 Å². The van der Waals surface area contributed by atoms with E-state index in [1.807, 2.05) is 30.3 Å². The molecule has 2 aromatic rings. The van der Waals surface area contributed by atoms with Crippen LogP contribution in [-0.2, 0) is 5.60 Å². The van der Waals surface area contributed by atoms with E-state index in [0.717, 1.165) is 5.56 Å². The second-order valence-corrected chi connectivity index (χ2v) is 5.55. The maximum Gasteiger partial charge on any atom is 0.273 e. The third-order valence-electron chi connectivity index (χ3n) is 3.79. The smallest absolute Gasteiger partial charge is 0.273 e. The summed E-state index contributed by atoms with van der Waals surface area (Å²) in [4.78, 5) is 14.0. The lowest BCUT2D eigenvalue weighted by Gasteiger charge is -2.23. The lowest BCUT2D eigenvalue weighted by molar-refractivity contribution is 0.0415. The third kappa shape index (κ3) is 2.36. The van der Waals surface area contributed by atoms with Crippen molar-refractivity contribution in [3.63, 3.8) is 0 Å². The van der Waals surface area contributed by atoms with E-state index in [1.54, 1.807) is 4.90 Å². The first-order valence-corrected chi connectivity index (χ1v) is 6.95. The molecule has 6 nitrogen and oxygen atoms in total. The van der Waals surface area contributed by atoms with Crippen molar-refractivity contribution in [1.29, 1.82) is 0 Å². The fraction of sp³-hybridized carbons (Fsp3) is 0.286. The minimum absolute atomic E-state index is 0.0949. The molecule has 0 saturated carbocycles. The van der Waals surface area contributed by atoms with Gasteiger partial charge < -0.3 is 15.7 Å². The molecule has 1 aromatic heterocycles. The standard InChI is InChI=1S/C14H15ClN4O2/c15-10-11(17-18-12(10)16)13(20)19-7-6-14(21,8-19)9-4-2-1-3-5-9/h1-5,21H,6-8H2,(H3,16,17,18)/t14-/m1/s1. The lowest BCUT2D eigenvalue weighted by atomic mass is 9.93. The van der Waals surface area contributed by atoms with Gasteiger partial charge in [-0.05, 0) is 12.0 Å². The van der Waals surface area contributed by atoms with E-state index in [2.05, 4.69) is 10.2 Å². The minimum atomic E-state index is -1.03. The largest absolute Gasteiger partial charge is 0.383 e. The average molecular weight is 307 g/mol. The van der Waals surface area contributed by atoms with Crippen LogP contribution in [0.2, 0.25) is 5.02 Å². The Bertz CT molecular complexity index is 673. The quantitative estimate of drug-likeness (QED) is 0.781. The number of likely N-dealkylation sites (tertiary alicyclic amines) is 1. The first kappa shape index (κ1) is 13.9. The highest BCUT2D eigenvalue weighted by Gasteiger charge is 2.40. The first-order chi connectivity index (χ1) is 10.0. The van der Waals surface area contributed by atoms with Crippen LogP contribution in [0.1, 0.15) is 22.5 Å². The van der Waals surface area contributed by atoms with Crippen LogP contribution in [0.25, 0.3) is 0 Å². The van der Waals surface area contributed by atoms with Crippen LogP contribution in [0.5, 0.6) is 0 Å². The molecule has 1 saturated heterocycles. The van der Waals surface area contributed by atoms with E-state index in [4.69, 9.17) is 17.3 Å². The van der Waals surface area contributed by atoms with E-state index < -0.39 is 5.60 Å². The Balaban J connectivity index is 1.81. The van der Waals surface area contributed by atoms with Crippen LogP contribution in [0.15, 0.2) is 30.3 Å². The van der Waals surface area contributed by atoms with E-state index in [-0.39, 0.29) is 29.0 Å². The van der Waals surface area contributed by atoms with Gasteiger partial charge >= 0.3 is 0 Å². The highest BCUT2D eigenvalue weighted by atomic mass is 35.5. The van der Waals surface area contributed by atoms with Gasteiger partial charge in [0.2, 0.25) is 0 Å². The molecule has 2 heterocycles. The number of hydrogen-bond donors (Lipinski definition) is 3. The number of hydrogen-bond acceptors (Lipinski definition) is 4. The van der Waals surface area contributed by atoms with Gasteiger partial charge in [0.05, 0.1) is 6.54 Å². The molecular formula is C14H15ClN4O2. The van der Waals surface area contributed by atoms with Gasteiger partial charge in [-0.1, -0.05) is 41.9 Å². The summed E-state index contributed by atoms with van der Waals surface area (Å²) in [7, 11) is 0. The van der Waals surface area contributed by atoms with Crippen molar-refractivity contribution in [2.45, 2.75) is 12.0 Å². The number of carbonyl (C=O) groups excluding carboxylic acids is 1. The summed E-state index contributed by atoms with van der Waals surface area (Å²) in [6, 6.07) is 9.33. The molecule has 0 radical (unpaired) electrons. The first-order valence-electron chi connectivity index (χ1n) is 6.58. The Labute approximate surface area is 126 Å². The number of aliphatic hydroxyl groups is 1. The summed E-state index contributed by atoms with van der Waals surface area (Å²) in [5.74, 6) is -0.214. The highest BCUT2D eigenvalue weighted by Crippen LogP contribution is 2.33. The van der Waals surface area contributed by atoms with Crippen LogP contribution >= 0.6 is 11.6 Å². The Kier molecular flexibility index (Phi) is 3.35. The van der Waals surface area contributed by atoms with Crippen LogP contribution in [0, 0.1) is 0 Å². The monoisotopic (exact) mass is 306 g/mol. The number of nitrogen functional groups attached to an aromatic ring is 1. The van der Waals surface area contributed by atoms with Gasteiger partial charge in [0, 0.05) is 6.54 Å². The molecule has 1 aliphatic heterocycles. The van der Waals surface area contributed by atoms with E-state index in [0.29, 0.717) is 13.0 Å². The number of halogens is 1. The predicted octanol–water partition coefficient (Wildman–Crippen LogP) is 1.38. The summed E-state index contributed by atoms with van der Waals surface area (Å²) in [5, 5.41) is 17.1. The van der Waals surface area contributed by atoms with E-state index in [1.165, 1.54) is 0 Å². The number of H-pyrrole nitrogens is 1. The lowest BCUT2D eigenvalue weighted by Crippen LogP contribution is -2.34. The van der Waals surface area contributed by atoms with Crippen molar-refractivity contribution in [3.8, 4) is 0 Å². The number of benzene rings is 1. The summed E-state index contributed by atoms with van der Waals surface area (Å²) in [5.41, 5.74) is 5.45. The Hall–Kier alpha value is -2.05. The van der Waals surface area contributed by atoms with Crippen molar-refractivity contribution < 1.29 is 9.90 Å². The number of anilines is 1. The van der Waals surface area contributed by atoms with Gasteiger partial charge in [0.15, 0.2) is 5.82 Å². The summed E-state index contributed by atoms with van der Waals surface area (Å²) >= 11 is 5.94.